The molecule has 0 amide bonds. The molecule has 1 aromatic carbocycles. The van der Waals surface area contributed by atoms with E-state index < -0.39 is 5.60 Å². The minimum absolute atomic E-state index is 0.0948. The van der Waals surface area contributed by atoms with Gasteiger partial charge in [-0.15, -0.1) is 0 Å². The van der Waals surface area contributed by atoms with Crippen molar-refractivity contribution in [1.29, 1.82) is 0 Å². The highest BCUT2D eigenvalue weighted by atomic mass is 19.1. The van der Waals surface area contributed by atoms with Crippen molar-refractivity contribution in [1.82, 2.24) is 0 Å². The maximum atomic E-state index is 13.2. The van der Waals surface area contributed by atoms with Crippen molar-refractivity contribution >= 4 is 0 Å². The van der Waals surface area contributed by atoms with E-state index >= 15 is 0 Å². The molecular weight excluding hydrogens is 207 g/mol. The van der Waals surface area contributed by atoms with E-state index in [1.807, 2.05) is 0 Å². The standard InChI is InChI=1S/C13H17FO2/c1-9-7-10(3-4-12(9)14)13(2,15)11-5-6-16-8-11/h3-4,7,11,15H,5-6,8H2,1-2H3. The smallest absolute Gasteiger partial charge is 0.126 e. The van der Waals surface area contributed by atoms with Gasteiger partial charge >= 0.3 is 0 Å². The van der Waals surface area contributed by atoms with E-state index in [1.54, 1.807) is 26.0 Å². The molecule has 16 heavy (non-hydrogen) atoms. The second-order valence-corrected chi connectivity index (χ2v) is 4.67. The van der Waals surface area contributed by atoms with Gasteiger partial charge in [-0.3, -0.25) is 0 Å². The molecule has 0 spiro atoms. The van der Waals surface area contributed by atoms with E-state index in [0.717, 1.165) is 12.0 Å². The third-order valence-electron chi connectivity index (χ3n) is 3.47. The predicted octanol–water partition coefficient (Wildman–Crippen LogP) is 2.38. The molecule has 1 fully saturated rings. The Morgan fingerprint density at radius 2 is 2.25 bits per heavy atom. The van der Waals surface area contributed by atoms with E-state index in [0.29, 0.717) is 18.8 Å². The van der Waals surface area contributed by atoms with Crippen LogP contribution in [0.3, 0.4) is 0 Å². The van der Waals surface area contributed by atoms with Crippen LogP contribution in [-0.4, -0.2) is 18.3 Å². The second kappa shape index (κ2) is 4.15. The summed E-state index contributed by atoms with van der Waals surface area (Å²) in [5.74, 6) is -0.139. The summed E-state index contributed by atoms with van der Waals surface area (Å²) in [6, 6.07) is 4.78. The molecule has 1 heterocycles. The predicted molar refractivity (Wildman–Crippen MR) is 59.6 cm³/mol. The van der Waals surface area contributed by atoms with E-state index in [-0.39, 0.29) is 11.7 Å². The van der Waals surface area contributed by atoms with Gasteiger partial charge in [0, 0.05) is 12.5 Å². The Hall–Kier alpha value is -0.930. The zero-order valence-electron chi connectivity index (χ0n) is 9.66. The van der Waals surface area contributed by atoms with Gasteiger partial charge in [0.05, 0.1) is 12.2 Å². The Bertz CT molecular complexity index is 382. The molecule has 1 N–H and O–H groups in total. The van der Waals surface area contributed by atoms with Crippen molar-refractivity contribution in [2.24, 2.45) is 5.92 Å². The molecule has 0 aromatic heterocycles. The Balaban J connectivity index is 2.30. The molecule has 3 heteroatoms. The Kier molecular flexibility index (Phi) is 3.00. The third-order valence-corrected chi connectivity index (χ3v) is 3.47. The van der Waals surface area contributed by atoms with Crippen molar-refractivity contribution in [3.05, 3.63) is 35.1 Å². The fourth-order valence-corrected chi connectivity index (χ4v) is 2.17. The van der Waals surface area contributed by atoms with Crippen LogP contribution in [0.5, 0.6) is 0 Å². The molecule has 1 aliphatic heterocycles. The van der Waals surface area contributed by atoms with Crippen LogP contribution in [0, 0.1) is 18.7 Å². The number of benzene rings is 1. The molecule has 1 saturated heterocycles. The molecule has 2 atom stereocenters. The maximum Gasteiger partial charge on any atom is 0.126 e. The lowest BCUT2D eigenvalue weighted by molar-refractivity contribution is -0.00980. The van der Waals surface area contributed by atoms with Gasteiger partial charge in [0.15, 0.2) is 0 Å². The number of halogens is 1. The highest BCUT2D eigenvalue weighted by Gasteiger charge is 2.36. The van der Waals surface area contributed by atoms with Crippen LogP contribution >= 0.6 is 0 Å². The van der Waals surface area contributed by atoms with Gasteiger partial charge in [0.2, 0.25) is 0 Å². The molecule has 2 unspecified atom stereocenters. The average Bonchev–Trinajstić information content (AvgIpc) is 2.75. The lowest BCUT2D eigenvalue weighted by Crippen LogP contribution is -2.32. The van der Waals surface area contributed by atoms with Gasteiger partial charge in [-0.1, -0.05) is 12.1 Å². The highest BCUT2D eigenvalue weighted by molar-refractivity contribution is 5.29. The lowest BCUT2D eigenvalue weighted by Gasteiger charge is -2.30. The number of hydrogen-bond acceptors (Lipinski definition) is 2. The summed E-state index contributed by atoms with van der Waals surface area (Å²) in [6.45, 7) is 4.75. The van der Waals surface area contributed by atoms with E-state index in [2.05, 4.69) is 0 Å². The molecule has 2 rings (SSSR count). The summed E-state index contributed by atoms with van der Waals surface area (Å²) in [4.78, 5) is 0. The second-order valence-electron chi connectivity index (χ2n) is 4.67. The zero-order valence-corrected chi connectivity index (χ0v) is 9.66. The van der Waals surface area contributed by atoms with Crippen molar-refractivity contribution in [3.63, 3.8) is 0 Å². The molecule has 2 nitrogen and oxygen atoms in total. The van der Waals surface area contributed by atoms with Crippen LogP contribution in [0.15, 0.2) is 18.2 Å². The van der Waals surface area contributed by atoms with Crippen LogP contribution in [0.25, 0.3) is 0 Å². The number of rotatable bonds is 2. The fraction of sp³-hybridized carbons (Fsp3) is 0.538. The summed E-state index contributed by atoms with van der Waals surface area (Å²) in [5.41, 5.74) is 0.396. The Morgan fingerprint density at radius 1 is 1.50 bits per heavy atom. The summed E-state index contributed by atoms with van der Waals surface area (Å²) >= 11 is 0. The Morgan fingerprint density at radius 3 is 2.81 bits per heavy atom. The number of ether oxygens (including phenoxy) is 1. The van der Waals surface area contributed by atoms with Crippen LogP contribution < -0.4 is 0 Å². The van der Waals surface area contributed by atoms with E-state index in [9.17, 15) is 9.50 Å². The topological polar surface area (TPSA) is 29.5 Å². The van der Waals surface area contributed by atoms with Gasteiger partial charge in [-0.25, -0.2) is 4.39 Å². The number of hydrogen-bond donors (Lipinski definition) is 1. The average molecular weight is 224 g/mol. The van der Waals surface area contributed by atoms with Crippen molar-refractivity contribution < 1.29 is 14.2 Å². The quantitative estimate of drug-likeness (QED) is 0.835. The van der Waals surface area contributed by atoms with Crippen molar-refractivity contribution in [2.45, 2.75) is 25.9 Å². The molecule has 1 aliphatic rings. The SMILES string of the molecule is Cc1cc(C(C)(O)C2CCOC2)ccc1F. The fourth-order valence-electron chi connectivity index (χ4n) is 2.17. The number of aryl methyl sites for hydroxylation is 1. The van der Waals surface area contributed by atoms with Crippen LogP contribution in [0.1, 0.15) is 24.5 Å². The van der Waals surface area contributed by atoms with Gasteiger partial charge in [-0.05, 0) is 37.5 Å². The first-order valence-corrected chi connectivity index (χ1v) is 5.58. The van der Waals surface area contributed by atoms with E-state index in [1.165, 1.54) is 6.07 Å². The van der Waals surface area contributed by atoms with Gasteiger partial charge in [-0.2, -0.15) is 0 Å². The minimum atomic E-state index is -0.936. The van der Waals surface area contributed by atoms with Crippen molar-refractivity contribution in [2.75, 3.05) is 13.2 Å². The van der Waals surface area contributed by atoms with Crippen LogP contribution in [-0.2, 0) is 10.3 Å². The first kappa shape index (κ1) is 11.6. The van der Waals surface area contributed by atoms with Gasteiger partial charge in [0.25, 0.3) is 0 Å². The first-order chi connectivity index (χ1) is 7.51. The van der Waals surface area contributed by atoms with Crippen LogP contribution in [0.4, 0.5) is 4.39 Å². The normalized spacial score (nSPS) is 24.4. The van der Waals surface area contributed by atoms with E-state index in [4.69, 9.17) is 4.74 Å². The summed E-state index contributed by atoms with van der Waals surface area (Å²) < 4.78 is 18.4. The minimum Gasteiger partial charge on any atom is -0.385 e. The first-order valence-electron chi connectivity index (χ1n) is 5.58. The van der Waals surface area contributed by atoms with Crippen molar-refractivity contribution in [3.8, 4) is 0 Å². The molecule has 1 aromatic rings. The maximum absolute atomic E-state index is 13.2. The largest absolute Gasteiger partial charge is 0.385 e. The Labute approximate surface area is 95.1 Å². The highest BCUT2D eigenvalue weighted by Crippen LogP contribution is 2.35. The number of aliphatic hydroxyl groups is 1. The molecule has 0 aliphatic carbocycles. The molecular formula is C13H17FO2. The van der Waals surface area contributed by atoms with Gasteiger partial charge in [0.1, 0.15) is 5.82 Å². The zero-order chi connectivity index (χ0) is 11.8. The molecule has 0 bridgehead atoms. The summed E-state index contributed by atoms with van der Waals surface area (Å²) in [6.07, 6.45) is 0.851. The summed E-state index contributed by atoms with van der Waals surface area (Å²) in [5, 5.41) is 10.5. The molecule has 0 saturated carbocycles. The lowest BCUT2D eigenvalue weighted by atomic mass is 9.82. The molecule has 0 radical (unpaired) electrons. The van der Waals surface area contributed by atoms with Crippen LogP contribution in [0.2, 0.25) is 0 Å². The summed E-state index contributed by atoms with van der Waals surface area (Å²) in [7, 11) is 0. The monoisotopic (exact) mass is 224 g/mol. The molecule has 88 valence electrons. The third kappa shape index (κ3) is 1.97. The van der Waals surface area contributed by atoms with Gasteiger partial charge < -0.3 is 9.84 Å².